The van der Waals surface area contributed by atoms with Crippen LogP contribution in [0, 0.1) is 0 Å². The lowest BCUT2D eigenvalue weighted by Gasteiger charge is -2.05. The molecule has 0 aliphatic rings. The lowest BCUT2D eigenvalue weighted by molar-refractivity contribution is 0.168. The minimum Gasteiger partial charge on any atom is -0.497 e. The summed E-state index contributed by atoms with van der Waals surface area (Å²) < 4.78 is 10.2. The van der Waals surface area contributed by atoms with Crippen LogP contribution in [-0.2, 0) is 11.3 Å². The molecular weight excluding hydrogens is 262 g/mol. The molecule has 1 aromatic carbocycles. The van der Waals surface area contributed by atoms with Gasteiger partial charge in [0, 0.05) is 18.0 Å². The fourth-order valence-electron chi connectivity index (χ4n) is 1.39. The van der Waals surface area contributed by atoms with Gasteiger partial charge in [-0.05, 0) is 29.8 Å². The molecule has 1 aromatic heterocycles. The molecule has 2 rings (SSSR count). The molecule has 0 saturated carbocycles. The van der Waals surface area contributed by atoms with Crippen LogP contribution in [0.4, 0.5) is 4.79 Å². The van der Waals surface area contributed by atoms with Gasteiger partial charge in [-0.3, -0.25) is 0 Å². The zero-order valence-corrected chi connectivity index (χ0v) is 11.2. The van der Waals surface area contributed by atoms with Crippen molar-refractivity contribution in [3.8, 4) is 5.75 Å². The molecule has 2 aromatic rings. The Kier molecular flexibility index (Phi) is 4.80. The SMILES string of the molecule is COc1ccc(COC(=O)Sc2ccccn2)cc1. The van der Waals surface area contributed by atoms with Gasteiger partial charge in [-0.25, -0.2) is 9.78 Å². The number of hydrogen-bond acceptors (Lipinski definition) is 5. The van der Waals surface area contributed by atoms with Crippen molar-refractivity contribution < 1.29 is 14.3 Å². The Morgan fingerprint density at radius 1 is 1.21 bits per heavy atom. The number of carbonyl (C=O) groups is 1. The minimum absolute atomic E-state index is 0.239. The van der Waals surface area contributed by atoms with Crippen LogP contribution in [0.1, 0.15) is 5.56 Å². The lowest BCUT2D eigenvalue weighted by Crippen LogP contribution is -1.98. The maximum absolute atomic E-state index is 11.6. The third-order valence-electron chi connectivity index (χ3n) is 2.34. The number of ether oxygens (including phenoxy) is 2. The molecule has 19 heavy (non-hydrogen) atoms. The highest BCUT2D eigenvalue weighted by molar-refractivity contribution is 8.13. The predicted octanol–water partition coefficient (Wildman–Crippen LogP) is 3.52. The zero-order valence-electron chi connectivity index (χ0n) is 10.4. The summed E-state index contributed by atoms with van der Waals surface area (Å²) in [6.45, 7) is 0.239. The van der Waals surface area contributed by atoms with Gasteiger partial charge in [0.25, 0.3) is 0 Å². The first-order valence-corrected chi connectivity index (χ1v) is 6.48. The molecule has 0 spiro atoms. The zero-order chi connectivity index (χ0) is 13.5. The van der Waals surface area contributed by atoms with E-state index in [1.807, 2.05) is 30.3 Å². The number of rotatable bonds is 4. The van der Waals surface area contributed by atoms with Crippen molar-refractivity contribution in [2.45, 2.75) is 11.6 Å². The number of benzene rings is 1. The standard InChI is InChI=1S/C14H13NO3S/c1-17-12-7-5-11(6-8-12)10-18-14(16)19-13-4-2-3-9-15-13/h2-9H,10H2,1H3. The van der Waals surface area contributed by atoms with Crippen molar-refractivity contribution in [1.29, 1.82) is 0 Å². The van der Waals surface area contributed by atoms with Gasteiger partial charge in [0.1, 0.15) is 17.4 Å². The molecule has 0 fully saturated rings. The molecule has 0 N–H and O–H groups in total. The molecule has 0 radical (unpaired) electrons. The number of pyridine rings is 1. The van der Waals surface area contributed by atoms with E-state index in [1.54, 1.807) is 25.4 Å². The van der Waals surface area contributed by atoms with Crippen LogP contribution in [0.5, 0.6) is 5.75 Å². The lowest BCUT2D eigenvalue weighted by atomic mass is 10.2. The summed E-state index contributed by atoms with van der Waals surface area (Å²) in [5.41, 5.74) is 0.913. The van der Waals surface area contributed by atoms with E-state index in [9.17, 15) is 4.79 Å². The van der Waals surface area contributed by atoms with E-state index in [4.69, 9.17) is 9.47 Å². The second kappa shape index (κ2) is 6.80. The van der Waals surface area contributed by atoms with Gasteiger partial charge in [0.05, 0.1) is 7.11 Å². The van der Waals surface area contributed by atoms with Gasteiger partial charge in [-0.2, -0.15) is 0 Å². The Labute approximate surface area is 115 Å². The summed E-state index contributed by atoms with van der Waals surface area (Å²) in [5, 5.41) is 0.261. The Bertz CT molecular complexity index is 528. The Balaban J connectivity index is 1.83. The maximum atomic E-state index is 11.6. The molecule has 0 aliphatic carbocycles. The average molecular weight is 275 g/mol. The predicted molar refractivity (Wildman–Crippen MR) is 73.3 cm³/mol. The summed E-state index contributed by atoms with van der Waals surface area (Å²) in [6, 6.07) is 12.8. The van der Waals surface area contributed by atoms with Gasteiger partial charge in [0.15, 0.2) is 0 Å². The number of methoxy groups -OCH3 is 1. The fourth-order valence-corrected chi connectivity index (χ4v) is 1.94. The first-order valence-electron chi connectivity index (χ1n) is 5.66. The summed E-state index contributed by atoms with van der Waals surface area (Å²) in [4.78, 5) is 15.6. The number of nitrogens with zero attached hydrogens (tertiary/aromatic N) is 1. The van der Waals surface area contributed by atoms with Crippen molar-refractivity contribution in [3.63, 3.8) is 0 Å². The van der Waals surface area contributed by atoms with Crippen molar-refractivity contribution in [2.75, 3.05) is 7.11 Å². The van der Waals surface area contributed by atoms with Crippen LogP contribution in [-0.4, -0.2) is 17.4 Å². The van der Waals surface area contributed by atoms with Crippen LogP contribution in [0.25, 0.3) is 0 Å². The number of hydrogen-bond donors (Lipinski definition) is 0. The molecule has 0 amide bonds. The van der Waals surface area contributed by atoms with Crippen molar-refractivity contribution in [1.82, 2.24) is 4.98 Å². The van der Waals surface area contributed by atoms with Crippen molar-refractivity contribution in [3.05, 3.63) is 54.2 Å². The smallest absolute Gasteiger partial charge is 0.373 e. The monoisotopic (exact) mass is 275 g/mol. The third kappa shape index (κ3) is 4.30. The number of aromatic nitrogens is 1. The molecule has 0 atom stereocenters. The number of carbonyl (C=O) groups excluding carboxylic acids is 1. The van der Waals surface area contributed by atoms with Crippen molar-refractivity contribution >= 4 is 17.1 Å². The van der Waals surface area contributed by atoms with Crippen molar-refractivity contribution in [2.24, 2.45) is 0 Å². The van der Waals surface area contributed by atoms with Crippen LogP contribution >= 0.6 is 11.8 Å². The normalized spacial score (nSPS) is 9.95. The first-order chi connectivity index (χ1) is 9.28. The summed E-state index contributed by atoms with van der Waals surface area (Å²) in [5.74, 6) is 0.776. The van der Waals surface area contributed by atoms with E-state index in [1.165, 1.54) is 0 Å². The van der Waals surface area contributed by atoms with Gasteiger partial charge >= 0.3 is 5.30 Å². The molecular formula is C14H13NO3S. The second-order valence-corrected chi connectivity index (χ2v) is 4.61. The molecule has 5 heteroatoms. The highest BCUT2D eigenvalue weighted by Gasteiger charge is 2.07. The summed E-state index contributed by atoms with van der Waals surface area (Å²) in [6.07, 6.45) is 1.64. The van der Waals surface area contributed by atoms with Gasteiger partial charge in [-0.15, -0.1) is 0 Å². The van der Waals surface area contributed by atoms with Crippen LogP contribution < -0.4 is 4.74 Å². The van der Waals surface area contributed by atoms with E-state index in [0.29, 0.717) is 5.03 Å². The molecule has 4 nitrogen and oxygen atoms in total. The first kappa shape index (κ1) is 13.4. The van der Waals surface area contributed by atoms with Crippen LogP contribution in [0.2, 0.25) is 0 Å². The van der Waals surface area contributed by atoms with Crippen LogP contribution in [0.3, 0.4) is 0 Å². The topological polar surface area (TPSA) is 48.4 Å². The van der Waals surface area contributed by atoms with Gasteiger partial charge in [-0.1, -0.05) is 18.2 Å². The molecule has 0 saturated heterocycles. The number of thioether (sulfide) groups is 1. The Morgan fingerprint density at radius 2 is 2.00 bits per heavy atom. The second-order valence-electron chi connectivity index (χ2n) is 3.66. The third-order valence-corrected chi connectivity index (χ3v) is 3.08. The maximum Gasteiger partial charge on any atom is 0.373 e. The van der Waals surface area contributed by atoms with E-state index in [0.717, 1.165) is 23.1 Å². The Hall–Kier alpha value is -2.01. The largest absolute Gasteiger partial charge is 0.497 e. The van der Waals surface area contributed by atoms with Crippen LogP contribution in [0.15, 0.2) is 53.7 Å². The van der Waals surface area contributed by atoms with Gasteiger partial charge in [0.2, 0.25) is 0 Å². The van der Waals surface area contributed by atoms with E-state index in [-0.39, 0.29) is 11.9 Å². The summed E-state index contributed by atoms with van der Waals surface area (Å²) in [7, 11) is 1.61. The fraction of sp³-hybridized carbons (Fsp3) is 0.143. The average Bonchev–Trinajstić information content (AvgIpc) is 2.47. The highest BCUT2D eigenvalue weighted by Crippen LogP contribution is 2.18. The van der Waals surface area contributed by atoms with E-state index >= 15 is 0 Å². The van der Waals surface area contributed by atoms with E-state index < -0.39 is 0 Å². The van der Waals surface area contributed by atoms with E-state index in [2.05, 4.69) is 4.98 Å². The summed E-state index contributed by atoms with van der Waals surface area (Å²) >= 11 is 0.974. The molecule has 0 aliphatic heterocycles. The molecule has 0 bridgehead atoms. The molecule has 98 valence electrons. The van der Waals surface area contributed by atoms with Gasteiger partial charge < -0.3 is 9.47 Å². The highest BCUT2D eigenvalue weighted by atomic mass is 32.2. The molecule has 0 unspecified atom stereocenters. The quantitative estimate of drug-likeness (QED) is 0.631. The Morgan fingerprint density at radius 3 is 2.63 bits per heavy atom. The minimum atomic E-state index is -0.366. The molecule has 1 heterocycles.